The minimum absolute atomic E-state index is 0.194. The number of methoxy groups -OCH3 is 2. The maximum atomic E-state index is 13.0. The number of nitrogens with zero attached hydrogens (tertiary/aromatic N) is 3. The second kappa shape index (κ2) is 10.8. The number of aryl methyl sites for hydroxylation is 1. The summed E-state index contributed by atoms with van der Waals surface area (Å²) >= 11 is 0. The minimum Gasteiger partial charge on any atom is -0.479 e. The molecular formula is C21H35N3O4. The summed E-state index contributed by atoms with van der Waals surface area (Å²) in [6.07, 6.45) is 8.27. The molecule has 0 aliphatic carbocycles. The molecular weight excluding hydrogens is 358 g/mol. The molecule has 1 aromatic rings. The summed E-state index contributed by atoms with van der Waals surface area (Å²) in [5.41, 5.74) is 0. The average molecular weight is 394 g/mol. The van der Waals surface area contributed by atoms with Gasteiger partial charge in [0.2, 0.25) is 5.91 Å². The molecule has 2 fully saturated rings. The van der Waals surface area contributed by atoms with E-state index in [0.717, 1.165) is 19.5 Å². The van der Waals surface area contributed by atoms with Crippen LogP contribution in [0.2, 0.25) is 0 Å². The van der Waals surface area contributed by atoms with Crippen molar-refractivity contribution in [3.8, 4) is 5.88 Å². The number of ether oxygens (including phenoxy) is 2. The van der Waals surface area contributed by atoms with Gasteiger partial charge in [-0.2, -0.15) is 0 Å². The van der Waals surface area contributed by atoms with Gasteiger partial charge in [0.25, 0.3) is 5.88 Å². The first-order valence-electron chi connectivity index (χ1n) is 10.7. The van der Waals surface area contributed by atoms with Gasteiger partial charge in [0.1, 0.15) is 5.76 Å². The van der Waals surface area contributed by atoms with Gasteiger partial charge in [0.15, 0.2) is 0 Å². The first-order valence-corrected chi connectivity index (χ1v) is 10.7. The minimum atomic E-state index is 0.194. The van der Waals surface area contributed by atoms with Crippen molar-refractivity contribution >= 4 is 5.91 Å². The quantitative estimate of drug-likeness (QED) is 0.570. The normalized spacial score (nSPS) is 22.6. The molecule has 7 nitrogen and oxygen atoms in total. The highest BCUT2D eigenvalue weighted by molar-refractivity contribution is 5.76. The molecule has 1 aromatic heterocycles. The molecule has 2 aliphatic rings. The fourth-order valence-electron chi connectivity index (χ4n) is 4.69. The van der Waals surface area contributed by atoms with Crippen LogP contribution in [-0.2, 0) is 16.0 Å². The molecule has 7 heteroatoms. The first kappa shape index (κ1) is 21.1. The van der Waals surface area contributed by atoms with Crippen LogP contribution < -0.4 is 4.74 Å². The molecule has 0 spiro atoms. The van der Waals surface area contributed by atoms with Crippen molar-refractivity contribution < 1.29 is 18.8 Å². The number of hydrogen-bond acceptors (Lipinski definition) is 6. The number of piperidine rings is 2. The maximum absolute atomic E-state index is 13.0. The van der Waals surface area contributed by atoms with E-state index in [1.54, 1.807) is 20.3 Å². The first-order chi connectivity index (χ1) is 13.7. The van der Waals surface area contributed by atoms with Crippen molar-refractivity contribution in [3.05, 3.63) is 11.8 Å². The van der Waals surface area contributed by atoms with Gasteiger partial charge in [-0.05, 0) is 56.3 Å². The zero-order valence-electron chi connectivity index (χ0n) is 17.4. The van der Waals surface area contributed by atoms with E-state index in [0.29, 0.717) is 43.0 Å². The number of carbonyl (C=O) groups is 1. The fraction of sp³-hybridized carbons (Fsp3) is 0.810. The molecule has 1 amide bonds. The number of rotatable bonds is 10. The Hall–Kier alpha value is -1.60. The van der Waals surface area contributed by atoms with Crippen molar-refractivity contribution in [2.45, 2.75) is 57.4 Å². The van der Waals surface area contributed by atoms with Crippen molar-refractivity contribution in [3.63, 3.8) is 0 Å². The van der Waals surface area contributed by atoms with E-state index in [2.05, 4.69) is 15.0 Å². The van der Waals surface area contributed by atoms with Crippen LogP contribution in [0, 0.1) is 5.92 Å². The Kier molecular flexibility index (Phi) is 8.15. The standard InChI is InChI=1S/C21H35N3O4/c1-26-14-6-13-24(21(25)10-9-18-15-20(27-2)22-28-18)16-17-7-5-12-23-11-4-3-8-19(17)23/h15,17,19H,3-14,16H2,1-2H3. The average Bonchev–Trinajstić information content (AvgIpc) is 3.20. The Labute approximate surface area is 168 Å². The predicted octanol–water partition coefficient (Wildman–Crippen LogP) is 2.75. The zero-order valence-corrected chi connectivity index (χ0v) is 17.4. The van der Waals surface area contributed by atoms with Crippen LogP contribution in [0.25, 0.3) is 0 Å². The fourth-order valence-corrected chi connectivity index (χ4v) is 4.69. The molecule has 2 aliphatic heterocycles. The van der Waals surface area contributed by atoms with Gasteiger partial charge in [-0.1, -0.05) is 6.42 Å². The Balaban J connectivity index is 1.57. The molecule has 2 saturated heterocycles. The summed E-state index contributed by atoms with van der Waals surface area (Å²) in [6.45, 7) is 4.76. The third-order valence-electron chi connectivity index (χ3n) is 6.14. The van der Waals surface area contributed by atoms with Crippen molar-refractivity contribution in [2.24, 2.45) is 5.92 Å². The molecule has 158 valence electrons. The van der Waals surface area contributed by atoms with E-state index in [-0.39, 0.29) is 5.91 Å². The molecule has 3 rings (SSSR count). The number of fused-ring (bicyclic) bond motifs is 1. The highest BCUT2D eigenvalue weighted by Crippen LogP contribution is 2.31. The van der Waals surface area contributed by atoms with Crippen LogP contribution in [-0.4, -0.2) is 73.9 Å². The molecule has 0 N–H and O–H groups in total. The highest BCUT2D eigenvalue weighted by atomic mass is 16.5. The summed E-state index contributed by atoms with van der Waals surface area (Å²) < 4.78 is 15.5. The van der Waals surface area contributed by atoms with Gasteiger partial charge in [-0.3, -0.25) is 4.79 Å². The van der Waals surface area contributed by atoms with Crippen LogP contribution in [0.3, 0.4) is 0 Å². The van der Waals surface area contributed by atoms with Crippen molar-refractivity contribution in [1.82, 2.24) is 15.0 Å². The Morgan fingerprint density at radius 2 is 2.14 bits per heavy atom. The van der Waals surface area contributed by atoms with E-state index in [1.807, 2.05) is 0 Å². The van der Waals surface area contributed by atoms with Crippen LogP contribution in [0.1, 0.15) is 50.7 Å². The topological polar surface area (TPSA) is 68.0 Å². The largest absolute Gasteiger partial charge is 0.479 e. The summed E-state index contributed by atoms with van der Waals surface area (Å²) in [7, 11) is 3.27. The lowest BCUT2D eigenvalue weighted by Crippen LogP contribution is -2.51. The molecule has 0 bridgehead atoms. The lowest BCUT2D eigenvalue weighted by Gasteiger charge is -2.45. The smallest absolute Gasteiger partial charge is 0.254 e. The van der Waals surface area contributed by atoms with Crippen molar-refractivity contribution in [2.75, 3.05) is 47.0 Å². The second-order valence-corrected chi connectivity index (χ2v) is 8.02. The van der Waals surface area contributed by atoms with Crippen LogP contribution in [0.15, 0.2) is 10.6 Å². The number of carbonyl (C=O) groups excluding carboxylic acids is 1. The van der Waals surface area contributed by atoms with Gasteiger partial charge in [-0.25, -0.2) is 0 Å². The number of aromatic nitrogens is 1. The number of hydrogen-bond donors (Lipinski definition) is 0. The third-order valence-corrected chi connectivity index (χ3v) is 6.14. The molecule has 3 heterocycles. The Morgan fingerprint density at radius 1 is 1.29 bits per heavy atom. The van der Waals surface area contributed by atoms with Gasteiger partial charge in [0, 0.05) is 51.8 Å². The second-order valence-electron chi connectivity index (χ2n) is 8.02. The maximum Gasteiger partial charge on any atom is 0.254 e. The van der Waals surface area contributed by atoms with Gasteiger partial charge < -0.3 is 23.8 Å². The van der Waals surface area contributed by atoms with E-state index < -0.39 is 0 Å². The molecule has 0 aromatic carbocycles. The summed E-state index contributed by atoms with van der Waals surface area (Å²) in [5, 5.41) is 3.81. The third kappa shape index (κ3) is 5.70. The van der Waals surface area contributed by atoms with E-state index in [9.17, 15) is 4.79 Å². The SMILES string of the molecule is COCCCN(CC1CCCN2CCCCC12)C(=O)CCc1cc(OC)no1. The predicted molar refractivity (Wildman–Crippen MR) is 106 cm³/mol. The molecule has 2 atom stereocenters. The summed E-state index contributed by atoms with van der Waals surface area (Å²) in [6, 6.07) is 2.41. The van der Waals surface area contributed by atoms with Gasteiger partial charge >= 0.3 is 0 Å². The summed E-state index contributed by atoms with van der Waals surface area (Å²) in [5.74, 6) is 1.93. The number of amides is 1. The molecule has 0 radical (unpaired) electrons. The molecule has 0 saturated carbocycles. The lowest BCUT2D eigenvalue weighted by molar-refractivity contribution is -0.132. The lowest BCUT2D eigenvalue weighted by atomic mass is 9.83. The van der Waals surface area contributed by atoms with Crippen molar-refractivity contribution in [1.29, 1.82) is 0 Å². The highest BCUT2D eigenvalue weighted by Gasteiger charge is 2.34. The van der Waals surface area contributed by atoms with E-state index in [1.165, 1.54) is 45.2 Å². The van der Waals surface area contributed by atoms with Gasteiger partial charge in [0.05, 0.1) is 7.11 Å². The van der Waals surface area contributed by atoms with Crippen LogP contribution >= 0.6 is 0 Å². The monoisotopic (exact) mass is 393 g/mol. The van der Waals surface area contributed by atoms with E-state index >= 15 is 0 Å². The van der Waals surface area contributed by atoms with Crippen LogP contribution in [0.5, 0.6) is 5.88 Å². The summed E-state index contributed by atoms with van der Waals surface area (Å²) in [4.78, 5) is 17.7. The molecule has 28 heavy (non-hydrogen) atoms. The zero-order chi connectivity index (χ0) is 19.8. The van der Waals surface area contributed by atoms with E-state index in [4.69, 9.17) is 14.0 Å². The van der Waals surface area contributed by atoms with Gasteiger partial charge in [-0.15, -0.1) is 0 Å². The Bertz CT molecular complexity index is 604. The molecule has 2 unspecified atom stereocenters. The van der Waals surface area contributed by atoms with Crippen LogP contribution in [0.4, 0.5) is 0 Å². The Morgan fingerprint density at radius 3 is 2.93 bits per heavy atom.